The van der Waals surface area contributed by atoms with E-state index < -0.39 is 6.04 Å². The maximum absolute atomic E-state index is 13.4. The number of carbonyl (C=O) groups excluding carboxylic acids is 2. The minimum atomic E-state index is -0.683. The van der Waals surface area contributed by atoms with Gasteiger partial charge in [-0.25, -0.2) is 4.98 Å². The van der Waals surface area contributed by atoms with Crippen LogP contribution in [0.5, 0.6) is 5.75 Å². The van der Waals surface area contributed by atoms with Crippen LogP contribution in [-0.2, 0) is 9.59 Å². The number of rotatable bonds is 8. The monoisotopic (exact) mass is 432 g/mol. The summed E-state index contributed by atoms with van der Waals surface area (Å²) in [5.41, 5.74) is 3.36. The quantitative estimate of drug-likeness (QED) is 0.563. The van der Waals surface area contributed by atoms with Crippen LogP contribution in [0.15, 0.2) is 66.9 Å². The van der Waals surface area contributed by atoms with Gasteiger partial charge in [0.05, 0.1) is 19.3 Å². The Bertz CT molecular complexity index is 1090. The SMILES string of the molecule is COc1ccc(C)cc1NC(=O)C(c1ccccc1)N(C)CC(=O)Nc1cc(C)ccn1. The van der Waals surface area contributed by atoms with E-state index in [1.54, 1.807) is 31.3 Å². The molecule has 0 aliphatic rings. The Morgan fingerprint density at radius 2 is 1.72 bits per heavy atom. The summed E-state index contributed by atoms with van der Waals surface area (Å²) in [4.78, 5) is 31.9. The highest BCUT2D eigenvalue weighted by molar-refractivity contribution is 5.98. The Morgan fingerprint density at radius 3 is 2.41 bits per heavy atom. The lowest BCUT2D eigenvalue weighted by Crippen LogP contribution is -2.39. The van der Waals surface area contributed by atoms with E-state index in [0.29, 0.717) is 17.3 Å². The molecule has 0 spiro atoms. The minimum Gasteiger partial charge on any atom is -0.495 e. The molecule has 0 fully saturated rings. The van der Waals surface area contributed by atoms with E-state index in [2.05, 4.69) is 15.6 Å². The molecule has 0 aliphatic heterocycles. The number of ether oxygens (including phenoxy) is 1. The number of hydrogen-bond donors (Lipinski definition) is 2. The molecular weight excluding hydrogens is 404 g/mol. The third-order valence-corrected chi connectivity index (χ3v) is 4.99. The second kappa shape index (κ2) is 10.5. The Hall–Kier alpha value is -3.71. The average Bonchev–Trinajstić information content (AvgIpc) is 2.74. The third kappa shape index (κ3) is 5.92. The number of likely N-dealkylation sites (N-methyl/N-ethyl adjacent to an activating group) is 1. The average molecular weight is 433 g/mol. The number of anilines is 2. The number of hydrogen-bond acceptors (Lipinski definition) is 5. The maximum atomic E-state index is 13.4. The first-order valence-electron chi connectivity index (χ1n) is 10.3. The first-order valence-corrected chi connectivity index (χ1v) is 10.3. The van der Waals surface area contributed by atoms with Crippen LogP contribution in [0.2, 0.25) is 0 Å². The molecule has 7 nitrogen and oxygen atoms in total. The van der Waals surface area contributed by atoms with Crippen LogP contribution < -0.4 is 15.4 Å². The van der Waals surface area contributed by atoms with Gasteiger partial charge >= 0.3 is 0 Å². The molecule has 0 saturated carbocycles. The highest BCUT2D eigenvalue weighted by Gasteiger charge is 2.27. The first kappa shape index (κ1) is 23.0. The number of aromatic nitrogens is 1. The third-order valence-electron chi connectivity index (χ3n) is 4.99. The van der Waals surface area contributed by atoms with E-state index in [4.69, 9.17) is 4.74 Å². The lowest BCUT2D eigenvalue weighted by Gasteiger charge is -2.27. The van der Waals surface area contributed by atoms with Crippen LogP contribution >= 0.6 is 0 Å². The van der Waals surface area contributed by atoms with Gasteiger partial charge in [0.25, 0.3) is 0 Å². The molecule has 1 atom stereocenters. The predicted octanol–water partition coefficient (Wildman–Crippen LogP) is 3.96. The van der Waals surface area contributed by atoms with Crippen molar-refractivity contribution >= 4 is 23.3 Å². The van der Waals surface area contributed by atoms with Crippen LogP contribution in [0, 0.1) is 13.8 Å². The number of nitrogens with zero attached hydrogens (tertiary/aromatic N) is 2. The van der Waals surface area contributed by atoms with Crippen LogP contribution in [0.25, 0.3) is 0 Å². The molecule has 1 aromatic heterocycles. The summed E-state index contributed by atoms with van der Waals surface area (Å²) in [6.45, 7) is 3.88. The number of amides is 2. The highest BCUT2D eigenvalue weighted by atomic mass is 16.5. The summed E-state index contributed by atoms with van der Waals surface area (Å²) < 4.78 is 5.39. The van der Waals surface area contributed by atoms with Gasteiger partial charge in [0.15, 0.2) is 0 Å². The zero-order valence-electron chi connectivity index (χ0n) is 18.8. The molecule has 2 aromatic carbocycles. The number of pyridine rings is 1. The Morgan fingerprint density at radius 1 is 1.00 bits per heavy atom. The molecule has 1 heterocycles. The lowest BCUT2D eigenvalue weighted by atomic mass is 10.0. The molecule has 2 N–H and O–H groups in total. The highest BCUT2D eigenvalue weighted by Crippen LogP contribution is 2.28. The van der Waals surface area contributed by atoms with Gasteiger partial charge < -0.3 is 15.4 Å². The van der Waals surface area contributed by atoms with Crippen LogP contribution in [0.4, 0.5) is 11.5 Å². The fraction of sp³-hybridized carbons (Fsp3) is 0.240. The van der Waals surface area contributed by atoms with Crippen molar-refractivity contribution in [2.24, 2.45) is 0 Å². The van der Waals surface area contributed by atoms with Gasteiger partial charge in [-0.05, 0) is 61.9 Å². The lowest BCUT2D eigenvalue weighted by molar-refractivity contribution is -0.123. The van der Waals surface area contributed by atoms with Crippen LogP contribution in [0.3, 0.4) is 0 Å². The summed E-state index contributed by atoms with van der Waals surface area (Å²) in [5.74, 6) is 0.534. The normalized spacial score (nSPS) is 11.7. The zero-order valence-corrected chi connectivity index (χ0v) is 18.8. The van der Waals surface area contributed by atoms with Gasteiger partial charge in [0, 0.05) is 6.20 Å². The van der Waals surface area contributed by atoms with Crippen molar-refractivity contribution in [2.75, 3.05) is 31.3 Å². The fourth-order valence-electron chi connectivity index (χ4n) is 3.47. The predicted molar refractivity (Wildman–Crippen MR) is 126 cm³/mol. The molecule has 1 unspecified atom stereocenters. The summed E-state index contributed by atoms with van der Waals surface area (Å²) in [7, 11) is 3.30. The number of methoxy groups -OCH3 is 1. The van der Waals surface area contributed by atoms with Gasteiger partial charge in [0.2, 0.25) is 11.8 Å². The van der Waals surface area contributed by atoms with Crippen molar-refractivity contribution in [1.29, 1.82) is 0 Å². The zero-order chi connectivity index (χ0) is 23.1. The Labute approximate surface area is 188 Å². The molecule has 3 aromatic rings. The van der Waals surface area contributed by atoms with Gasteiger partial charge in [-0.3, -0.25) is 14.5 Å². The smallest absolute Gasteiger partial charge is 0.246 e. The molecule has 0 radical (unpaired) electrons. The van der Waals surface area contributed by atoms with E-state index in [1.807, 2.05) is 68.4 Å². The van der Waals surface area contributed by atoms with Gasteiger partial charge in [-0.2, -0.15) is 0 Å². The number of benzene rings is 2. The Balaban J connectivity index is 1.80. The molecular formula is C25H28N4O3. The van der Waals surface area contributed by atoms with Gasteiger partial charge in [0.1, 0.15) is 17.6 Å². The van der Waals surface area contributed by atoms with Gasteiger partial charge in [-0.15, -0.1) is 0 Å². The van der Waals surface area contributed by atoms with Crippen molar-refractivity contribution in [2.45, 2.75) is 19.9 Å². The molecule has 0 saturated heterocycles. The van der Waals surface area contributed by atoms with Crippen molar-refractivity contribution in [3.05, 3.63) is 83.6 Å². The maximum Gasteiger partial charge on any atom is 0.246 e. The largest absolute Gasteiger partial charge is 0.495 e. The second-order valence-electron chi connectivity index (χ2n) is 7.69. The molecule has 2 amide bonds. The first-order chi connectivity index (χ1) is 15.4. The molecule has 0 bridgehead atoms. The van der Waals surface area contributed by atoms with Crippen molar-refractivity contribution in [3.8, 4) is 5.75 Å². The van der Waals surface area contributed by atoms with Crippen molar-refractivity contribution in [1.82, 2.24) is 9.88 Å². The Kier molecular flexibility index (Phi) is 7.57. The van der Waals surface area contributed by atoms with Crippen LogP contribution in [0.1, 0.15) is 22.7 Å². The summed E-state index contributed by atoms with van der Waals surface area (Å²) in [5, 5.41) is 5.75. The molecule has 166 valence electrons. The molecule has 3 rings (SSSR count). The van der Waals surface area contributed by atoms with E-state index in [1.165, 1.54) is 0 Å². The fourth-order valence-corrected chi connectivity index (χ4v) is 3.47. The van der Waals surface area contributed by atoms with E-state index in [9.17, 15) is 9.59 Å². The molecule has 7 heteroatoms. The topological polar surface area (TPSA) is 83.6 Å². The van der Waals surface area contributed by atoms with Crippen LogP contribution in [-0.4, -0.2) is 42.4 Å². The number of aryl methyl sites for hydroxylation is 2. The van der Waals surface area contributed by atoms with Gasteiger partial charge in [-0.1, -0.05) is 36.4 Å². The van der Waals surface area contributed by atoms with Crippen molar-refractivity contribution < 1.29 is 14.3 Å². The number of nitrogens with one attached hydrogen (secondary N) is 2. The van der Waals surface area contributed by atoms with E-state index >= 15 is 0 Å². The minimum absolute atomic E-state index is 0.00750. The van der Waals surface area contributed by atoms with Crippen molar-refractivity contribution in [3.63, 3.8) is 0 Å². The van der Waals surface area contributed by atoms with E-state index in [0.717, 1.165) is 16.7 Å². The summed E-state index contributed by atoms with van der Waals surface area (Å²) in [6.07, 6.45) is 1.64. The van der Waals surface area contributed by atoms with E-state index in [-0.39, 0.29) is 18.4 Å². The standard InChI is InChI=1S/C25H28N4O3/c1-17-10-11-21(32-4)20(14-17)27-25(31)24(19-8-6-5-7-9-19)29(3)16-23(30)28-22-15-18(2)12-13-26-22/h5-15,24H,16H2,1-4H3,(H,27,31)(H,26,28,30). The summed E-state index contributed by atoms with van der Waals surface area (Å²) in [6, 6.07) is 17.9. The summed E-state index contributed by atoms with van der Waals surface area (Å²) >= 11 is 0. The number of carbonyl (C=O) groups is 2. The second-order valence-corrected chi connectivity index (χ2v) is 7.69. The molecule has 0 aliphatic carbocycles. The molecule has 32 heavy (non-hydrogen) atoms.